The third-order valence-corrected chi connectivity index (χ3v) is 3.89. The first-order chi connectivity index (χ1) is 10.2. The van der Waals surface area contributed by atoms with Crippen molar-refractivity contribution in [2.24, 2.45) is 5.73 Å². The van der Waals surface area contributed by atoms with Crippen molar-refractivity contribution >= 4 is 11.7 Å². The number of rotatable bonds is 6. The number of carbonyl (C=O) groups is 1. The van der Waals surface area contributed by atoms with E-state index in [-0.39, 0.29) is 5.91 Å². The minimum absolute atomic E-state index is 0.0758. The molecule has 1 aliphatic rings. The summed E-state index contributed by atoms with van der Waals surface area (Å²) in [6.45, 7) is 4.69. The van der Waals surface area contributed by atoms with Crippen molar-refractivity contribution in [3.63, 3.8) is 0 Å². The number of aromatic nitrogens is 1. The molecule has 0 aromatic carbocycles. The standard InChI is InChI=1S/C16H26N4O/c1-2-6-14(17)16(21)19-12-13-7-8-18-15(11-13)20-9-4-3-5-10-20/h7-8,11,14H,2-6,9-10,12,17H2,1H3,(H,19,21). The quantitative estimate of drug-likeness (QED) is 0.838. The molecule has 21 heavy (non-hydrogen) atoms. The smallest absolute Gasteiger partial charge is 0.237 e. The molecule has 3 N–H and O–H groups in total. The van der Waals surface area contributed by atoms with Crippen molar-refractivity contribution < 1.29 is 4.79 Å². The number of amides is 1. The van der Waals surface area contributed by atoms with Crippen LogP contribution >= 0.6 is 0 Å². The first-order valence-electron chi connectivity index (χ1n) is 7.94. The van der Waals surface area contributed by atoms with Crippen molar-refractivity contribution in [1.82, 2.24) is 10.3 Å². The fraction of sp³-hybridized carbons (Fsp3) is 0.625. The van der Waals surface area contributed by atoms with Gasteiger partial charge in [-0.2, -0.15) is 0 Å². The molecule has 0 spiro atoms. The molecule has 0 bridgehead atoms. The maximum Gasteiger partial charge on any atom is 0.237 e. The van der Waals surface area contributed by atoms with Crippen molar-refractivity contribution in [1.29, 1.82) is 0 Å². The third kappa shape index (κ3) is 4.70. The second-order valence-corrected chi connectivity index (χ2v) is 5.68. The monoisotopic (exact) mass is 290 g/mol. The Hall–Kier alpha value is -1.62. The lowest BCUT2D eigenvalue weighted by atomic mass is 10.1. The number of piperidine rings is 1. The van der Waals surface area contributed by atoms with Gasteiger partial charge >= 0.3 is 0 Å². The molecule has 1 aliphatic heterocycles. The highest BCUT2D eigenvalue weighted by atomic mass is 16.2. The summed E-state index contributed by atoms with van der Waals surface area (Å²) in [5, 5.41) is 2.90. The van der Waals surface area contributed by atoms with Gasteiger partial charge in [0.05, 0.1) is 6.04 Å². The van der Waals surface area contributed by atoms with E-state index >= 15 is 0 Å². The highest BCUT2D eigenvalue weighted by Crippen LogP contribution is 2.18. The van der Waals surface area contributed by atoms with Gasteiger partial charge in [0.1, 0.15) is 5.82 Å². The van der Waals surface area contributed by atoms with Gasteiger partial charge in [-0.1, -0.05) is 13.3 Å². The molecule has 0 radical (unpaired) electrons. The lowest BCUT2D eigenvalue weighted by molar-refractivity contribution is -0.122. The molecule has 0 saturated carbocycles. The average molecular weight is 290 g/mol. The summed E-state index contributed by atoms with van der Waals surface area (Å²) < 4.78 is 0. The van der Waals surface area contributed by atoms with Gasteiger partial charge in [-0.05, 0) is 43.4 Å². The third-order valence-electron chi connectivity index (χ3n) is 3.89. The number of nitrogens with two attached hydrogens (primary N) is 1. The molecule has 2 heterocycles. The molecule has 1 aromatic rings. The summed E-state index contributed by atoms with van der Waals surface area (Å²) in [4.78, 5) is 18.6. The Morgan fingerprint density at radius 3 is 2.90 bits per heavy atom. The first kappa shape index (κ1) is 15.8. The average Bonchev–Trinajstić information content (AvgIpc) is 2.54. The Bertz CT molecular complexity index is 457. The van der Waals surface area contributed by atoms with Crippen LogP contribution in [0.5, 0.6) is 0 Å². The lowest BCUT2D eigenvalue weighted by Gasteiger charge is -2.28. The maximum atomic E-state index is 11.8. The molecule has 5 heteroatoms. The van der Waals surface area contributed by atoms with Crippen molar-refractivity contribution in [2.75, 3.05) is 18.0 Å². The minimum Gasteiger partial charge on any atom is -0.357 e. The number of hydrogen-bond acceptors (Lipinski definition) is 4. The van der Waals surface area contributed by atoms with Crippen LogP contribution in [0.15, 0.2) is 18.3 Å². The predicted octanol–water partition coefficient (Wildman–Crippen LogP) is 1.82. The molecular formula is C16H26N4O. The van der Waals surface area contributed by atoms with Gasteiger partial charge in [0.25, 0.3) is 0 Å². The number of anilines is 1. The summed E-state index contributed by atoms with van der Waals surface area (Å²) in [5.74, 6) is 0.937. The highest BCUT2D eigenvalue weighted by Gasteiger charge is 2.14. The van der Waals surface area contributed by atoms with E-state index in [0.717, 1.165) is 37.3 Å². The number of nitrogens with one attached hydrogen (secondary N) is 1. The fourth-order valence-electron chi connectivity index (χ4n) is 2.63. The van der Waals surface area contributed by atoms with Crippen molar-refractivity contribution in [3.8, 4) is 0 Å². The largest absolute Gasteiger partial charge is 0.357 e. The van der Waals surface area contributed by atoms with Crippen LogP contribution in [-0.4, -0.2) is 30.0 Å². The Kier molecular flexibility index (Phi) is 5.99. The zero-order chi connectivity index (χ0) is 15.1. The molecule has 1 aromatic heterocycles. The second kappa shape index (κ2) is 7.98. The zero-order valence-corrected chi connectivity index (χ0v) is 12.8. The topological polar surface area (TPSA) is 71.2 Å². The molecule has 1 saturated heterocycles. The summed E-state index contributed by atoms with van der Waals surface area (Å²) >= 11 is 0. The molecule has 1 atom stereocenters. The zero-order valence-electron chi connectivity index (χ0n) is 12.8. The van der Waals surface area contributed by atoms with E-state index in [1.807, 2.05) is 19.2 Å². The summed E-state index contributed by atoms with van der Waals surface area (Å²) in [6.07, 6.45) is 7.23. The van der Waals surface area contributed by atoms with Gasteiger partial charge in [0.15, 0.2) is 0 Å². The fourth-order valence-corrected chi connectivity index (χ4v) is 2.63. The Morgan fingerprint density at radius 1 is 1.43 bits per heavy atom. The van der Waals surface area contributed by atoms with Gasteiger partial charge in [0.2, 0.25) is 5.91 Å². The van der Waals surface area contributed by atoms with Crippen molar-refractivity contribution in [3.05, 3.63) is 23.9 Å². The predicted molar refractivity (Wildman–Crippen MR) is 85.0 cm³/mol. The molecular weight excluding hydrogens is 264 g/mol. The Morgan fingerprint density at radius 2 is 2.19 bits per heavy atom. The number of pyridine rings is 1. The molecule has 116 valence electrons. The highest BCUT2D eigenvalue weighted by molar-refractivity contribution is 5.81. The van der Waals surface area contributed by atoms with Gasteiger partial charge in [0, 0.05) is 25.8 Å². The van der Waals surface area contributed by atoms with Crippen LogP contribution in [-0.2, 0) is 11.3 Å². The molecule has 5 nitrogen and oxygen atoms in total. The van der Waals surface area contributed by atoms with Crippen LogP contribution in [0.25, 0.3) is 0 Å². The van der Waals surface area contributed by atoms with Crippen LogP contribution in [0, 0.1) is 0 Å². The number of carbonyl (C=O) groups excluding carboxylic acids is 1. The van der Waals surface area contributed by atoms with E-state index in [4.69, 9.17) is 5.73 Å². The maximum absolute atomic E-state index is 11.8. The second-order valence-electron chi connectivity index (χ2n) is 5.68. The Balaban J connectivity index is 1.90. The van der Waals surface area contributed by atoms with Crippen LogP contribution in [0.3, 0.4) is 0 Å². The summed E-state index contributed by atoms with van der Waals surface area (Å²) in [7, 11) is 0. The number of hydrogen-bond donors (Lipinski definition) is 2. The van der Waals surface area contributed by atoms with E-state index in [1.54, 1.807) is 0 Å². The molecule has 0 aliphatic carbocycles. The van der Waals surface area contributed by atoms with Crippen LogP contribution < -0.4 is 16.0 Å². The van der Waals surface area contributed by atoms with E-state index < -0.39 is 6.04 Å². The van der Waals surface area contributed by atoms with E-state index in [1.165, 1.54) is 19.3 Å². The molecule has 2 rings (SSSR count). The SMILES string of the molecule is CCCC(N)C(=O)NCc1ccnc(N2CCCCC2)c1. The summed E-state index contributed by atoms with van der Waals surface area (Å²) in [6, 6.07) is 3.61. The van der Waals surface area contributed by atoms with Crippen molar-refractivity contribution in [2.45, 2.75) is 51.6 Å². The molecule has 1 amide bonds. The van der Waals surface area contributed by atoms with Crippen LogP contribution in [0.4, 0.5) is 5.82 Å². The van der Waals surface area contributed by atoms with Crippen LogP contribution in [0.1, 0.15) is 44.6 Å². The van der Waals surface area contributed by atoms with E-state index in [9.17, 15) is 4.79 Å². The molecule has 1 unspecified atom stereocenters. The van der Waals surface area contributed by atoms with E-state index in [2.05, 4.69) is 21.3 Å². The van der Waals surface area contributed by atoms with Gasteiger partial charge in [-0.3, -0.25) is 4.79 Å². The van der Waals surface area contributed by atoms with Crippen LogP contribution in [0.2, 0.25) is 0 Å². The minimum atomic E-state index is -0.404. The Labute approximate surface area is 126 Å². The van der Waals surface area contributed by atoms with Gasteiger partial charge in [-0.25, -0.2) is 4.98 Å². The van der Waals surface area contributed by atoms with Gasteiger partial charge < -0.3 is 16.0 Å². The van der Waals surface area contributed by atoms with E-state index in [0.29, 0.717) is 6.54 Å². The summed E-state index contributed by atoms with van der Waals surface area (Å²) in [5.41, 5.74) is 6.88. The lowest BCUT2D eigenvalue weighted by Crippen LogP contribution is -2.40. The first-order valence-corrected chi connectivity index (χ1v) is 7.94. The normalized spacial score (nSPS) is 16.6. The number of nitrogens with zero attached hydrogens (tertiary/aromatic N) is 2. The molecule has 1 fully saturated rings. The van der Waals surface area contributed by atoms with Gasteiger partial charge in [-0.15, -0.1) is 0 Å².